The number of amides is 1. The highest BCUT2D eigenvalue weighted by Gasteiger charge is 2.41. The highest BCUT2D eigenvalue weighted by molar-refractivity contribution is 5.79. The van der Waals surface area contributed by atoms with Crippen LogP contribution >= 0.6 is 0 Å². The van der Waals surface area contributed by atoms with E-state index in [1.54, 1.807) is 0 Å². The van der Waals surface area contributed by atoms with E-state index in [0.717, 1.165) is 19.4 Å². The van der Waals surface area contributed by atoms with Gasteiger partial charge >= 0.3 is 0 Å². The topological polar surface area (TPSA) is 53.0 Å². The molecule has 0 bridgehead atoms. The quantitative estimate of drug-likeness (QED) is 0.790. The molecule has 2 saturated carbocycles. The summed E-state index contributed by atoms with van der Waals surface area (Å²) in [5, 5.41) is 10.1. The predicted octanol–water partition coefficient (Wildman–Crippen LogP) is 0.859. The summed E-state index contributed by atoms with van der Waals surface area (Å²) < 4.78 is 5.56. The molecule has 1 N–H and O–H groups in total. The van der Waals surface area contributed by atoms with Gasteiger partial charge in [0.2, 0.25) is 5.91 Å². The molecule has 3 fully saturated rings. The summed E-state index contributed by atoms with van der Waals surface area (Å²) in [6.45, 7) is 6.72. The van der Waals surface area contributed by atoms with Gasteiger partial charge in [-0.15, -0.1) is 0 Å². The average Bonchev–Trinajstić information content (AvgIpc) is 3.29. The lowest BCUT2D eigenvalue weighted by Gasteiger charge is -2.38. The molecule has 1 heterocycles. The number of hydrogen-bond donors (Lipinski definition) is 1. The smallest absolute Gasteiger partial charge is 0.237 e. The van der Waals surface area contributed by atoms with Gasteiger partial charge in [-0.05, 0) is 45.4 Å². The van der Waals surface area contributed by atoms with E-state index in [-0.39, 0.29) is 11.9 Å². The number of nitrogens with zero attached hydrogens (tertiary/aromatic N) is 2. The van der Waals surface area contributed by atoms with Crippen LogP contribution in [0.4, 0.5) is 0 Å². The lowest BCUT2D eigenvalue weighted by Crippen LogP contribution is -2.54. The van der Waals surface area contributed by atoms with Gasteiger partial charge in [-0.3, -0.25) is 9.69 Å². The largest absolute Gasteiger partial charge is 0.389 e. The number of carbonyl (C=O) groups is 1. The molecule has 1 unspecified atom stereocenters. The van der Waals surface area contributed by atoms with E-state index in [0.29, 0.717) is 38.3 Å². The molecule has 21 heavy (non-hydrogen) atoms. The Morgan fingerprint density at radius 1 is 1.33 bits per heavy atom. The second kappa shape index (κ2) is 5.86. The first-order valence-corrected chi connectivity index (χ1v) is 8.28. The van der Waals surface area contributed by atoms with Gasteiger partial charge in [0.1, 0.15) is 0 Å². The molecule has 0 aromatic heterocycles. The van der Waals surface area contributed by atoms with Crippen molar-refractivity contribution in [1.82, 2.24) is 9.80 Å². The Kier molecular flexibility index (Phi) is 4.26. The minimum absolute atomic E-state index is 0.214. The third kappa shape index (κ3) is 4.18. The molecule has 1 amide bonds. The van der Waals surface area contributed by atoms with Gasteiger partial charge in [0.15, 0.2) is 0 Å². The summed E-state index contributed by atoms with van der Waals surface area (Å²) in [5.41, 5.74) is -0.746. The summed E-state index contributed by atoms with van der Waals surface area (Å²) in [5.74, 6) is 0.865. The first-order valence-electron chi connectivity index (χ1n) is 8.28. The summed E-state index contributed by atoms with van der Waals surface area (Å²) in [7, 11) is 0. The SMILES string of the molecule is CC(C)(O)CN(CC(=O)N1CCOCC1C1CC1)C1CC1. The van der Waals surface area contributed by atoms with Crippen molar-refractivity contribution >= 4 is 5.91 Å². The van der Waals surface area contributed by atoms with Crippen molar-refractivity contribution in [2.24, 2.45) is 5.92 Å². The molecule has 0 aromatic carbocycles. The average molecular weight is 296 g/mol. The molecule has 1 atom stereocenters. The van der Waals surface area contributed by atoms with Crippen LogP contribution in [0.5, 0.6) is 0 Å². The highest BCUT2D eigenvalue weighted by atomic mass is 16.5. The third-order valence-electron chi connectivity index (χ3n) is 4.64. The minimum Gasteiger partial charge on any atom is -0.389 e. The maximum atomic E-state index is 12.7. The Balaban J connectivity index is 1.60. The van der Waals surface area contributed by atoms with Crippen molar-refractivity contribution in [3.8, 4) is 0 Å². The van der Waals surface area contributed by atoms with E-state index in [1.165, 1.54) is 12.8 Å². The van der Waals surface area contributed by atoms with E-state index < -0.39 is 5.60 Å². The first-order chi connectivity index (χ1) is 9.94. The number of rotatable bonds is 6. The maximum Gasteiger partial charge on any atom is 0.237 e. The normalized spacial score (nSPS) is 27.2. The lowest BCUT2D eigenvalue weighted by molar-refractivity contribution is -0.142. The zero-order valence-corrected chi connectivity index (χ0v) is 13.3. The molecule has 0 spiro atoms. The molecule has 0 radical (unpaired) electrons. The van der Waals surface area contributed by atoms with Crippen molar-refractivity contribution in [3.63, 3.8) is 0 Å². The number of morpholine rings is 1. The van der Waals surface area contributed by atoms with Crippen LogP contribution in [0.3, 0.4) is 0 Å². The molecule has 120 valence electrons. The standard InChI is InChI=1S/C16H28N2O3/c1-16(2,20)11-17(13-5-6-13)9-15(19)18-7-8-21-10-14(18)12-3-4-12/h12-14,20H,3-11H2,1-2H3. The molecule has 1 saturated heterocycles. The van der Waals surface area contributed by atoms with E-state index in [2.05, 4.69) is 4.90 Å². The fraction of sp³-hybridized carbons (Fsp3) is 0.938. The molecule has 1 aliphatic heterocycles. The van der Waals surface area contributed by atoms with Crippen LogP contribution in [0.2, 0.25) is 0 Å². The summed E-state index contributed by atoms with van der Waals surface area (Å²) in [6, 6.07) is 0.773. The summed E-state index contributed by atoms with van der Waals surface area (Å²) in [6.07, 6.45) is 4.76. The van der Waals surface area contributed by atoms with Crippen LogP contribution in [0.1, 0.15) is 39.5 Å². The van der Waals surface area contributed by atoms with Crippen molar-refractivity contribution < 1.29 is 14.6 Å². The summed E-state index contributed by atoms with van der Waals surface area (Å²) in [4.78, 5) is 16.9. The van der Waals surface area contributed by atoms with Gasteiger partial charge in [0.25, 0.3) is 0 Å². The number of aliphatic hydroxyl groups is 1. The molecular weight excluding hydrogens is 268 g/mol. The third-order valence-corrected chi connectivity index (χ3v) is 4.64. The molecule has 5 nitrogen and oxygen atoms in total. The molecule has 5 heteroatoms. The highest BCUT2D eigenvalue weighted by Crippen LogP contribution is 2.37. The van der Waals surface area contributed by atoms with Crippen LogP contribution in [0.25, 0.3) is 0 Å². The Morgan fingerprint density at radius 3 is 2.62 bits per heavy atom. The van der Waals surface area contributed by atoms with Crippen LogP contribution in [-0.4, -0.2) is 71.3 Å². The fourth-order valence-corrected chi connectivity index (χ4v) is 3.32. The second-order valence-electron chi connectivity index (χ2n) is 7.52. The maximum absolute atomic E-state index is 12.7. The van der Waals surface area contributed by atoms with Crippen LogP contribution in [0, 0.1) is 5.92 Å². The Bertz CT molecular complexity index is 385. The van der Waals surface area contributed by atoms with Gasteiger partial charge in [-0.1, -0.05) is 0 Å². The molecular formula is C16H28N2O3. The molecule has 3 rings (SSSR count). The predicted molar refractivity (Wildman–Crippen MR) is 79.9 cm³/mol. The van der Waals surface area contributed by atoms with E-state index >= 15 is 0 Å². The van der Waals surface area contributed by atoms with Crippen LogP contribution < -0.4 is 0 Å². The van der Waals surface area contributed by atoms with Crippen molar-refractivity contribution in [1.29, 1.82) is 0 Å². The minimum atomic E-state index is -0.746. The number of ether oxygens (including phenoxy) is 1. The fourth-order valence-electron chi connectivity index (χ4n) is 3.32. The van der Waals surface area contributed by atoms with Gasteiger partial charge in [-0.25, -0.2) is 0 Å². The van der Waals surface area contributed by atoms with Gasteiger partial charge < -0.3 is 14.7 Å². The first kappa shape index (κ1) is 15.3. The molecule has 3 aliphatic rings. The van der Waals surface area contributed by atoms with Crippen LogP contribution in [0.15, 0.2) is 0 Å². The van der Waals surface area contributed by atoms with Gasteiger partial charge in [0.05, 0.1) is 31.4 Å². The Hall–Kier alpha value is -0.650. The van der Waals surface area contributed by atoms with Crippen molar-refractivity contribution in [2.45, 2.75) is 57.2 Å². The monoisotopic (exact) mass is 296 g/mol. The zero-order valence-electron chi connectivity index (χ0n) is 13.3. The van der Waals surface area contributed by atoms with E-state index in [4.69, 9.17) is 4.74 Å². The second-order valence-corrected chi connectivity index (χ2v) is 7.52. The van der Waals surface area contributed by atoms with Crippen molar-refractivity contribution in [2.75, 3.05) is 32.8 Å². The van der Waals surface area contributed by atoms with Gasteiger partial charge in [-0.2, -0.15) is 0 Å². The van der Waals surface area contributed by atoms with E-state index in [9.17, 15) is 9.90 Å². The molecule has 0 aromatic rings. The summed E-state index contributed by atoms with van der Waals surface area (Å²) >= 11 is 0. The van der Waals surface area contributed by atoms with Crippen molar-refractivity contribution in [3.05, 3.63) is 0 Å². The van der Waals surface area contributed by atoms with Crippen LogP contribution in [-0.2, 0) is 9.53 Å². The number of hydrogen-bond acceptors (Lipinski definition) is 4. The number of carbonyl (C=O) groups excluding carboxylic acids is 1. The van der Waals surface area contributed by atoms with Gasteiger partial charge in [0, 0.05) is 19.1 Å². The zero-order chi connectivity index (χ0) is 15.0. The Morgan fingerprint density at radius 2 is 2.05 bits per heavy atom. The van der Waals surface area contributed by atoms with E-state index in [1.807, 2.05) is 18.7 Å². The Labute approximate surface area is 127 Å². The molecule has 2 aliphatic carbocycles. The lowest BCUT2D eigenvalue weighted by atomic mass is 10.1.